The minimum Gasteiger partial charge on any atom is -0.475 e. The quantitative estimate of drug-likeness (QED) is 0.923. The van der Waals surface area contributed by atoms with Crippen molar-refractivity contribution in [2.24, 2.45) is 11.3 Å². The molecule has 2 rings (SSSR count). The summed E-state index contributed by atoms with van der Waals surface area (Å²) in [6.45, 7) is 9.14. The number of hydrogen-bond donors (Lipinski definition) is 1. The highest BCUT2D eigenvalue weighted by Crippen LogP contribution is 2.35. The first kappa shape index (κ1) is 14.6. The lowest BCUT2D eigenvalue weighted by atomic mass is 9.80. The molecular weight excluding hydrogens is 258 g/mol. The van der Waals surface area contributed by atoms with Gasteiger partial charge in [0.1, 0.15) is 5.76 Å². The number of carboxylic acids is 1. The Morgan fingerprint density at radius 2 is 2.15 bits per heavy atom. The SMILES string of the molecule is Cc1cc(CN2CC(C(C)(C)C)CC2=O)oc1C(=O)O. The van der Waals surface area contributed by atoms with Gasteiger partial charge < -0.3 is 14.4 Å². The van der Waals surface area contributed by atoms with Gasteiger partial charge in [0.05, 0.1) is 6.54 Å². The fourth-order valence-corrected chi connectivity index (χ4v) is 2.53. The number of hydrogen-bond acceptors (Lipinski definition) is 3. The lowest BCUT2D eigenvalue weighted by molar-refractivity contribution is -0.128. The normalized spacial score (nSPS) is 19.7. The van der Waals surface area contributed by atoms with E-state index < -0.39 is 5.97 Å². The zero-order chi connectivity index (χ0) is 15.1. The molecule has 0 saturated carbocycles. The highest BCUT2D eigenvalue weighted by molar-refractivity contribution is 5.86. The molecule has 1 aliphatic rings. The van der Waals surface area contributed by atoms with Crippen LogP contribution in [-0.4, -0.2) is 28.4 Å². The predicted octanol–water partition coefficient (Wildman–Crippen LogP) is 2.68. The lowest BCUT2D eigenvalue weighted by Gasteiger charge is -2.26. The van der Waals surface area contributed by atoms with Gasteiger partial charge in [-0.25, -0.2) is 4.79 Å². The summed E-state index contributed by atoms with van der Waals surface area (Å²) in [7, 11) is 0. The molecule has 0 aliphatic carbocycles. The molecule has 0 aromatic carbocycles. The highest BCUT2D eigenvalue weighted by Gasteiger charge is 2.37. The van der Waals surface area contributed by atoms with E-state index in [1.165, 1.54) is 0 Å². The summed E-state index contributed by atoms with van der Waals surface area (Å²) in [4.78, 5) is 24.7. The molecule has 0 spiro atoms. The third-order valence-electron chi connectivity index (χ3n) is 3.95. The van der Waals surface area contributed by atoms with Crippen LogP contribution in [-0.2, 0) is 11.3 Å². The van der Waals surface area contributed by atoms with Crippen LogP contribution in [0.15, 0.2) is 10.5 Å². The van der Waals surface area contributed by atoms with Crippen LogP contribution in [0.5, 0.6) is 0 Å². The Hall–Kier alpha value is -1.78. The molecule has 2 heterocycles. The molecule has 1 aliphatic heterocycles. The fourth-order valence-electron chi connectivity index (χ4n) is 2.53. The number of carbonyl (C=O) groups excluding carboxylic acids is 1. The van der Waals surface area contributed by atoms with Crippen molar-refractivity contribution in [1.29, 1.82) is 0 Å². The van der Waals surface area contributed by atoms with Crippen LogP contribution in [0.3, 0.4) is 0 Å². The highest BCUT2D eigenvalue weighted by atomic mass is 16.4. The third-order valence-corrected chi connectivity index (χ3v) is 3.95. The Kier molecular flexibility index (Phi) is 3.63. The number of amides is 1. The molecule has 1 saturated heterocycles. The van der Waals surface area contributed by atoms with E-state index in [0.29, 0.717) is 36.8 Å². The van der Waals surface area contributed by atoms with Crippen molar-refractivity contribution in [2.75, 3.05) is 6.54 Å². The van der Waals surface area contributed by atoms with Crippen LogP contribution in [0.1, 0.15) is 49.1 Å². The first-order valence-electron chi connectivity index (χ1n) is 6.79. The van der Waals surface area contributed by atoms with Gasteiger partial charge in [-0.15, -0.1) is 0 Å². The first-order valence-corrected chi connectivity index (χ1v) is 6.79. The minimum absolute atomic E-state index is 0.0426. The number of aromatic carboxylic acids is 1. The predicted molar refractivity (Wildman–Crippen MR) is 73.4 cm³/mol. The number of carbonyl (C=O) groups is 2. The molecule has 5 nitrogen and oxygen atoms in total. The van der Waals surface area contributed by atoms with E-state index in [1.54, 1.807) is 17.9 Å². The van der Waals surface area contributed by atoms with Crippen molar-refractivity contribution in [3.05, 3.63) is 23.2 Å². The van der Waals surface area contributed by atoms with Crippen molar-refractivity contribution in [3.63, 3.8) is 0 Å². The van der Waals surface area contributed by atoms with Crippen molar-refractivity contribution in [1.82, 2.24) is 4.90 Å². The summed E-state index contributed by atoms with van der Waals surface area (Å²) in [5.74, 6) is -0.156. The summed E-state index contributed by atoms with van der Waals surface area (Å²) in [6.07, 6.45) is 0.551. The van der Waals surface area contributed by atoms with Crippen molar-refractivity contribution in [3.8, 4) is 0 Å². The molecule has 1 aromatic rings. The summed E-state index contributed by atoms with van der Waals surface area (Å²) >= 11 is 0. The largest absolute Gasteiger partial charge is 0.475 e. The topological polar surface area (TPSA) is 70.8 Å². The van der Waals surface area contributed by atoms with Gasteiger partial charge in [-0.1, -0.05) is 20.8 Å². The maximum Gasteiger partial charge on any atom is 0.372 e. The summed E-state index contributed by atoms with van der Waals surface area (Å²) in [5, 5.41) is 8.97. The molecule has 1 N–H and O–H groups in total. The maximum absolute atomic E-state index is 12.0. The van der Waals surface area contributed by atoms with Crippen LogP contribution >= 0.6 is 0 Å². The van der Waals surface area contributed by atoms with Crippen LogP contribution in [0.25, 0.3) is 0 Å². The maximum atomic E-state index is 12.0. The number of aryl methyl sites for hydroxylation is 1. The van der Waals surface area contributed by atoms with Gasteiger partial charge in [0.2, 0.25) is 11.7 Å². The van der Waals surface area contributed by atoms with E-state index >= 15 is 0 Å². The zero-order valence-corrected chi connectivity index (χ0v) is 12.4. The lowest BCUT2D eigenvalue weighted by Crippen LogP contribution is -2.27. The number of likely N-dealkylation sites (tertiary alicyclic amines) is 1. The summed E-state index contributed by atoms with van der Waals surface area (Å²) in [5.41, 5.74) is 0.682. The number of furan rings is 1. The van der Waals surface area contributed by atoms with Gasteiger partial charge in [-0.05, 0) is 24.3 Å². The van der Waals surface area contributed by atoms with E-state index in [9.17, 15) is 9.59 Å². The standard InChI is InChI=1S/C15H21NO4/c1-9-5-11(20-13(9)14(18)19)8-16-7-10(6-12(16)17)15(2,3)4/h5,10H,6-8H2,1-4H3,(H,18,19). The second-order valence-electron chi connectivity index (χ2n) is 6.57. The van der Waals surface area contributed by atoms with E-state index in [-0.39, 0.29) is 17.1 Å². The Bertz CT molecular complexity index is 539. The molecule has 1 amide bonds. The molecule has 5 heteroatoms. The molecule has 1 atom stereocenters. The monoisotopic (exact) mass is 279 g/mol. The van der Waals surface area contributed by atoms with Crippen LogP contribution < -0.4 is 0 Å². The minimum atomic E-state index is -1.07. The molecule has 110 valence electrons. The first-order chi connectivity index (χ1) is 9.18. The number of nitrogens with zero attached hydrogens (tertiary/aromatic N) is 1. The second-order valence-corrected chi connectivity index (χ2v) is 6.57. The molecule has 0 bridgehead atoms. The van der Waals surface area contributed by atoms with Crippen molar-refractivity contribution in [2.45, 2.75) is 40.7 Å². The van der Waals surface area contributed by atoms with E-state index in [1.807, 2.05) is 0 Å². The Balaban J connectivity index is 2.09. The smallest absolute Gasteiger partial charge is 0.372 e. The summed E-state index contributed by atoms with van der Waals surface area (Å²) in [6, 6.07) is 1.70. The second kappa shape index (κ2) is 4.96. The fraction of sp³-hybridized carbons (Fsp3) is 0.600. The molecule has 1 aromatic heterocycles. The Morgan fingerprint density at radius 3 is 2.60 bits per heavy atom. The Labute approximate surface area is 118 Å². The zero-order valence-electron chi connectivity index (χ0n) is 12.4. The molecular formula is C15H21NO4. The Morgan fingerprint density at radius 1 is 1.50 bits per heavy atom. The van der Waals surface area contributed by atoms with Gasteiger partial charge in [0, 0.05) is 18.5 Å². The third kappa shape index (κ3) is 2.86. The van der Waals surface area contributed by atoms with Crippen molar-refractivity contribution < 1.29 is 19.1 Å². The van der Waals surface area contributed by atoms with Crippen LogP contribution in [0.2, 0.25) is 0 Å². The van der Waals surface area contributed by atoms with Gasteiger partial charge in [-0.3, -0.25) is 4.79 Å². The average molecular weight is 279 g/mol. The van der Waals surface area contributed by atoms with Crippen LogP contribution in [0.4, 0.5) is 0 Å². The average Bonchev–Trinajstić information content (AvgIpc) is 2.83. The van der Waals surface area contributed by atoms with Crippen molar-refractivity contribution >= 4 is 11.9 Å². The van der Waals surface area contributed by atoms with Gasteiger partial charge >= 0.3 is 5.97 Å². The van der Waals surface area contributed by atoms with E-state index in [4.69, 9.17) is 9.52 Å². The van der Waals surface area contributed by atoms with Crippen LogP contribution in [0, 0.1) is 18.3 Å². The van der Waals surface area contributed by atoms with Gasteiger partial charge in [-0.2, -0.15) is 0 Å². The molecule has 0 radical (unpaired) electrons. The van der Waals surface area contributed by atoms with E-state index in [2.05, 4.69) is 20.8 Å². The molecule has 1 fully saturated rings. The van der Waals surface area contributed by atoms with Gasteiger partial charge in [0.25, 0.3) is 0 Å². The summed E-state index contributed by atoms with van der Waals surface area (Å²) < 4.78 is 5.31. The molecule has 20 heavy (non-hydrogen) atoms. The molecule has 1 unspecified atom stereocenters. The van der Waals surface area contributed by atoms with E-state index in [0.717, 1.165) is 0 Å². The number of carboxylic acid groups (broad SMARTS) is 1. The number of rotatable bonds is 3. The van der Waals surface area contributed by atoms with Gasteiger partial charge in [0.15, 0.2) is 0 Å².